The number of hydrogen-bond acceptors (Lipinski definition) is 5. The van der Waals surface area contributed by atoms with Gasteiger partial charge in [0.05, 0.1) is 0 Å². The number of carbonyl (C=O) groups excluding carboxylic acids is 3. The quantitative estimate of drug-likeness (QED) is 0.460. The average Bonchev–Trinajstić information content (AvgIpc) is 1.54. The van der Waals surface area contributed by atoms with Gasteiger partial charge < -0.3 is 24.6 Å². The molecule has 1 radical (unpaired) electrons. The maximum Gasteiger partial charge on any atom is 2.00 e. The van der Waals surface area contributed by atoms with Gasteiger partial charge >= 0.3 is 17.1 Å². The van der Waals surface area contributed by atoms with E-state index in [0.29, 0.717) is 0 Å². The number of carboxylic acid groups (broad SMARTS) is 2. The summed E-state index contributed by atoms with van der Waals surface area (Å²) in [5, 5.41) is 17.8. The zero-order valence-corrected chi connectivity index (χ0v) is 8.78. The summed E-state index contributed by atoms with van der Waals surface area (Å²) in [6, 6.07) is 0. The fraction of sp³-hybridized carbons (Fsp3) is 0.571. The molecule has 0 spiro atoms. The average molecular weight is 240 g/mol. The van der Waals surface area contributed by atoms with Gasteiger partial charge in [-0.1, -0.05) is 0 Å². The van der Waals surface area contributed by atoms with Crippen molar-refractivity contribution in [2.45, 2.75) is 27.7 Å². The normalized spacial score (nSPS) is 5.85. The first-order valence-corrected chi connectivity index (χ1v) is 3.02. The molecule has 5 nitrogen and oxygen atoms in total. The van der Waals surface area contributed by atoms with Gasteiger partial charge in [-0.3, -0.25) is 0 Å². The molecule has 0 rings (SSSR count). The first kappa shape index (κ1) is 22.7. The molecule has 0 aliphatic rings. The standard InChI is InChI=1S/C3H6O.2C2H4O2.Cu/c1-3(2)4;2*1-2(3)4;/h1-2H3;2*1H3,(H,3,4);/q;;;+2/p-2. The van der Waals surface area contributed by atoms with E-state index in [9.17, 15) is 4.79 Å². The maximum atomic E-state index is 9.44. The summed E-state index contributed by atoms with van der Waals surface area (Å²) in [5.41, 5.74) is 0. The maximum absolute atomic E-state index is 9.44. The predicted octanol–water partition coefficient (Wildman–Crippen LogP) is -1.89. The van der Waals surface area contributed by atoms with Gasteiger partial charge in [0, 0.05) is 11.9 Å². The van der Waals surface area contributed by atoms with Crippen LogP contribution in [0.25, 0.3) is 0 Å². The molecular formula is C7H12CuO5. The fourth-order valence-corrected chi connectivity index (χ4v) is 0. The van der Waals surface area contributed by atoms with Gasteiger partial charge in [0.2, 0.25) is 0 Å². The molecule has 6 heteroatoms. The van der Waals surface area contributed by atoms with Gasteiger partial charge in [0.25, 0.3) is 0 Å². The van der Waals surface area contributed by atoms with Gasteiger partial charge in [0.15, 0.2) is 0 Å². The third-order valence-corrected chi connectivity index (χ3v) is 0. The zero-order chi connectivity index (χ0) is 10.7. The van der Waals surface area contributed by atoms with Crippen LogP contribution in [-0.4, -0.2) is 17.7 Å². The molecule has 0 N–H and O–H groups in total. The monoisotopic (exact) mass is 239 g/mol. The second kappa shape index (κ2) is 17.3. The SMILES string of the molecule is CC(=O)[O-].CC(=O)[O-].CC(C)=O.[Cu+2]. The molecule has 0 aromatic carbocycles. The van der Waals surface area contributed by atoms with Gasteiger partial charge in [-0.05, 0) is 27.7 Å². The van der Waals surface area contributed by atoms with Gasteiger partial charge in [-0.25, -0.2) is 0 Å². The molecule has 0 aromatic rings. The van der Waals surface area contributed by atoms with Gasteiger partial charge in [0.1, 0.15) is 5.78 Å². The summed E-state index contributed by atoms with van der Waals surface area (Å²) in [6.45, 7) is 5.00. The van der Waals surface area contributed by atoms with E-state index in [1.54, 1.807) is 0 Å². The molecule has 13 heavy (non-hydrogen) atoms. The number of rotatable bonds is 0. The molecule has 0 fully saturated rings. The van der Waals surface area contributed by atoms with E-state index in [4.69, 9.17) is 19.8 Å². The molecule has 0 heterocycles. The number of carbonyl (C=O) groups is 3. The number of aliphatic carboxylic acids is 2. The van der Waals surface area contributed by atoms with Crippen LogP contribution in [0.1, 0.15) is 27.7 Å². The van der Waals surface area contributed by atoms with E-state index in [-0.39, 0.29) is 22.9 Å². The van der Waals surface area contributed by atoms with Crippen LogP contribution < -0.4 is 10.2 Å². The van der Waals surface area contributed by atoms with Crippen LogP contribution in [0, 0.1) is 0 Å². The molecule has 0 unspecified atom stereocenters. The van der Waals surface area contributed by atoms with Crippen molar-refractivity contribution >= 4 is 17.7 Å². The number of hydrogen-bond donors (Lipinski definition) is 0. The van der Waals surface area contributed by atoms with Crippen molar-refractivity contribution in [1.29, 1.82) is 0 Å². The molecule has 0 bridgehead atoms. The summed E-state index contributed by atoms with van der Waals surface area (Å²) in [4.78, 5) is 27.2. The third-order valence-electron chi connectivity index (χ3n) is 0. The van der Waals surface area contributed by atoms with Crippen LogP contribution in [0.15, 0.2) is 0 Å². The number of ketones is 1. The Labute approximate surface area is 87.6 Å². The molecule has 0 aliphatic heterocycles. The fourth-order valence-electron chi connectivity index (χ4n) is 0. The Morgan fingerprint density at radius 2 is 0.769 bits per heavy atom. The van der Waals surface area contributed by atoms with E-state index in [0.717, 1.165) is 13.8 Å². The summed E-state index contributed by atoms with van der Waals surface area (Å²) < 4.78 is 0. The van der Waals surface area contributed by atoms with Crippen LogP contribution in [0.3, 0.4) is 0 Å². The molecule has 0 amide bonds. The first-order chi connectivity index (χ1) is 5.20. The van der Waals surface area contributed by atoms with E-state index in [1.165, 1.54) is 13.8 Å². The van der Waals surface area contributed by atoms with Crippen LogP contribution in [0.2, 0.25) is 0 Å². The smallest absolute Gasteiger partial charge is 0.550 e. The van der Waals surface area contributed by atoms with Crippen molar-refractivity contribution < 1.29 is 41.7 Å². The third kappa shape index (κ3) is 1220. The van der Waals surface area contributed by atoms with Gasteiger partial charge in [-0.2, -0.15) is 0 Å². The Balaban J connectivity index is -0.0000000450. The summed E-state index contributed by atoms with van der Waals surface area (Å²) >= 11 is 0. The van der Waals surface area contributed by atoms with Gasteiger partial charge in [-0.15, -0.1) is 0 Å². The topological polar surface area (TPSA) is 97.3 Å². The van der Waals surface area contributed by atoms with Crippen LogP contribution in [0.4, 0.5) is 0 Å². The van der Waals surface area contributed by atoms with Crippen LogP contribution in [0.5, 0.6) is 0 Å². The van der Waals surface area contributed by atoms with Crippen molar-refractivity contribution in [1.82, 2.24) is 0 Å². The number of carboxylic acids is 2. The molecule has 0 saturated carbocycles. The minimum Gasteiger partial charge on any atom is -0.550 e. The van der Waals surface area contributed by atoms with Crippen LogP contribution in [-0.2, 0) is 31.5 Å². The summed E-state index contributed by atoms with van der Waals surface area (Å²) in [6.07, 6.45) is 0. The Kier molecular flexibility index (Phi) is 30.2. The minimum atomic E-state index is -1.08. The minimum absolute atomic E-state index is 0. The molecule has 0 aliphatic carbocycles. The second-order valence-corrected chi connectivity index (χ2v) is 1.89. The molecular weight excluding hydrogens is 228 g/mol. The van der Waals surface area contributed by atoms with E-state index < -0.39 is 11.9 Å². The summed E-state index contributed by atoms with van der Waals surface area (Å²) in [7, 11) is 0. The number of Topliss-reactive ketones (excluding diaryl/α,β-unsaturated/α-hetero) is 1. The Hall–Kier alpha value is -0.871. The molecule has 81 valence electrons. The second-order valence-electron chi connectivity index (χ2n) is 1.89. The summed E-state index contributed by atoms with van der Waals surface area (Å²) in [5.74, 6) is -2.00. The Morgan fingerprint density at radius 1 is 0.769 bits per heavy atom. The molecule has 0 aromatic heterocycles. The van der Waals surface area contributed by atoms with Crippen molar-refractivity contribution in [2.75, 3.05) is 0 Å². The predicted molar refractivity (Wildman–Crippen MR) is 37.7 cm³/mol. The van der Waals surface area contributed by atoms with Crippen molar-refractivity contribution in [3.8, 4) is 0 Å². The van der Waals surface area contributed by atoms with E-state index in [2.05, 4.69) is 0 Å². The molecule has 0 atom stereocenters. The van der Waals surface area contributed by atoms with E-state index in [1.807, 2.05) is 0 Å². The van der Waals surface area contributed by atoms with Crippen molar-refractivity contribution in [3.63, 3.8) is 0 Å². The molecule has 0 saturated heterocycles. The first-order valence-electron chi connectivity index (χ1n) is 3.02. The Bertz CT molecular complexity index is 114. The van der Waals surface area contributed by atoms with Crippen molar-refractivity contribution in [2.24, 2.45) is 0 Å². The Morgan fingerprint density at radius 3 is 0.769 bits per heavy atom. The largest absolute Gasteiger partial charge is 2.00 e. The van der Waals surface area contributed by atoms with Crippen LogP contribution >= 0.6 is 0 Å². The van der Waals surface area contributed by atoms with E-state index >= 15 is 0 Å². The zero-order valence-electron chi connectivity index (χ0n) is 7.84. The van der Waals surface area contributed by atoms with Crippen molar-refractivity contribution in [3.05, 3.63) is 0 Å².